The quantitative estimate of drug-likeness (QED) is 0.722. The molecular formula is C16H19Cl2N3O3. The van der Waals surface area contributed by atoms with E-state index in [9.17, 15) is 4.79 Å². The minimum absolute atomic E-state index is 0.0547. The molecule has 0 fully saturated rings. The van der Waals surface area contributed by atoms with E-state index in [1.165, 1.54) is 0 Å². The van der Waals surface area contributed by atoms with Gasteiger partial charge in [0, 0.05) is 23.2 Å². The summed E-state index contributed by atoms with van der Waals surface area (Å²) in [6.07, 6.45) is 1.61. The van der Waals surface area contributed by atoms with Crippen molar-refractivity contribution >= 4 is 34.9 Å². The smallest absolute Gasteiger partial charge is 0.251 e. The molecule has 8 heteroatoms. The van der Waals surface area contributed by atoms with Crippen molar-refractivity contribution in [3.05, 3.63) is 46.1 Å². The van der Waals surface area contributed by atoms with E-state index in [0.29, 0.717) is 29.1 Å². The Morgan fingerprint density at radius 1 is 1.33 bits per heavy atom. The molecule has 2 aromatic rings. The van der Waals surface area contributed by atoms with E-state index in [1.807, 2.05) is 6.92 Å². The molecule has 1 unspecified atom stereocenters. The second-order valence-corrected chi connectivity index (χ2v) is 5.94. The van der Waals surface area contributed by atoms with E-state index < -0.39 is 0 Å². The number of aromatic nitrogens is 2. The third kappa shape index (κ3) is 4.95. The summed E-state index contributed by atoms with van der Waals surface area (Å²) in [5, 5.41) is 8.21. The summed E-state index contributed by atoms with van der Waals surface area (Å²) in [5.41, 5.74) is 0.819. The van der Waals surface area contributed by atoms with Crippen LogP contribution < -0.4 is 5.32 Å². The molecule has 1 atom stereocenters. The van der Waals surface area contributed by atoms with Crippen LogP contribution in [0.2, 0.25) is 10.0 Å². The standard InChI is InChI=1S/C16H19Cl2N3O3/c1-11(13-9-12(17)3-4-14(13)18)21-15(5-6-19-21)20-16(22)10-24-8-7-23-2/h3-6,9,11H,7-8,10H2,1-2H3,(H,20,22). The van der Waals surface area contributed by atoms with Crippen molar-refractivity contribution in [2.75, 3.05) is 32.2 Å². The molecule has 0 bridgehead atoms. The lowest BCUT2D eigenvalue weighted by Crippen LogP contribution is -2.22. The maximum absolute atomic E-state index is 11.9. The van der Waals surface area contributed by atoms with Gasteiger partial charge in [0.05, 0.1) is 25.5 Å². The van der Waals surface area contributed by atoms with Gasteiger partial charge >= 0.3 is 0 Å². The molecule has 0 aliphatic carbocycles. The van der Waals surface area contributed by atoms with Crippen LogP contribution in [0.15, 0.2) is 30.5 Å². The number of hydrogen-bond acceptors (Lipinski definition) is 4. The van der Waals surface area contributed by atoms with Gasteiger partial charge in [-0.15, -0.1) is 0 Å². The molecule has 0 saturated carbocycles. The third-order valence-electron chi connectivity index (χ3n) is 3.38. The van der Waals surface area contributed by atoms with Crippen LogP contribution in [0.3, 0.4) is 0 Å². The lowest BCUT2D eigenvalue weighted by Gasteiger charge is -2.18. The van der Waals surface area contributed by atoms with Crippen molar-refractivity contribution in [2.24, 2.45) is 0 Å². The monoisotopic (exact) mass is 371 g/mol. The largest absolute Gasteiger partial charge is 0.382 e. The molecule has 1 aromatic heterocycles. The predicted molar refractivity (Wildman–Crippen MR) is 93.8 cm³/mol. The summed E-state index contributed by atoms with van der Waals surface area (Å²) < 4.78 is 11.7. The maximum atomic E-state index is 11.9. The topological polar surface area (TPSA) is 65.4 Å². The number of halogens is 2. The van der Waals surface area contributed by atoms with E-state index in [2.05, 4.69) is 10.4 Å². The Morgan fingerprint density at radius 3 is 2.88 bits per heavy atom. The molecule has 0 spiro atoms. The van der Waals surface area contributed by atoms with E-state index in [0.717, 1.165) is 5.56 Å². The Balaban J connectivity index is 2.06. The van der Waals surface area contributed by atoms with Crippen molar-refractivity contribution < 1.29 is 14.3 Å². The first-order chi connectivity index (χ1) is 11.5. The number of rotatable bonds is 8. The fraction of sp³-hybridized carbons (Fsp3) is 0.375. The zero-order valence-corrected chi connectivity index (χ0v) is 15.0. The van der Waals surface area contributed by atoms with Crippen molar-refractivity contribution in [1.29, 1.82) is 0 Å². The Bertz CT molecular complexity index is 691. The highest BCUT2D eigenvalue weighted by Crippen LogP contribution is 2.30. The van der Waals surface area contributed by atoms with Crippen LogP contribution in [-0.2, 0) is 14.3 Å². The van der Waals surface area contributed by atoms with Gasteiger partial charge < -0.3 is 14.8 Å². The summed E-state index contributed by atoms with van der Waals surface area (Å²) >= 11 is 12.3. The predicted octanol–water partition coefficient (Wildman–Crippen LogP) is 3.40. The zero-order chi connectivity index (χ0) is 17.5. The highest BCUT2D eigenvalue weighted by Gasteiger charge is 2.17. The normalized spacial score (nSPS) is 12.2. The van der Waals surface area contributed by atoms with Crippen LogP contribution in [0.25, 0.3) is 0 Å². The number of nitrogens with one attached hydrogen (secondary N) is 1. The maximum Gasteiger partial charge on any atom is 0.251 e. The molecule has 130 valence electrons. The van der Waals surface area contributed by atoms with Crippen LogP contribution in [0.4, 0.5) is 5.82 Å². The Morgan fingerprint density at radius 2 is 2.12 bits per heavy atom. The number of amides is 1. The van der Waals surface area contributed by atoms with Crippen LogP contribution in [0.1, 0.15) is 18.5 Å². The van der Waals surface area contributed by atoms with Crippen molar-refractivity contribution in [3.63, 3.8) is 0 Å². The Labute approximate surface area is 150 Å². The summed E-state index contributed by atoms with van der Waals surface area (Å²) in [6.45, 7) is 2.67. The second kappa shape index (κ2) is 9.03. The average molecular weight is 372 g/mol. The van der Waals surface area contributed by atoms with E-state index in [1.54, 1.807) is 42.3 Å². The first-order valence-electron chi connectivity index (χ1n) is 7.38. The minimum atomic E-state index is -0.266. The van der Waals surface area contributed by atoms with Gasteiger partial charge in [-0.05, 0) is 30.7 Å². The molecule has 2 rings (SSSR count). The minimum Gasteiger partial charge on any atom is -0.382 e. The highest BCUT2D eigenvalue weighted by atomic mass is 35.5. The van der Waals surface area contributed by atoms with E-state index in [-0.39, 0.29) is 18.6 Å². The van der Waals surface area contributed by atoms with Gasteiger partial charge in [0.25, 0.3) is 5.91 Å². The van der Waals surface area contributed by atoms with Gasteiger partial charge in [0.1, 0.15) is 12.4 Å². The number of anilines is 1. The molecule has 6 nitrogen and oxygen atoms in total. The first kappa shape index (κ1) is 18.7. The summed E-state index contributed by atoms with van der Waals surface area (Å²) in [5.74, 6) is 0.288. The third-order valence-corrected chi connectivity index (χ3v) is 3.96. The van der Waals surface area contributed by atoms with Crippen LogP contribution in [0, 0.1) is 0 Å². The Hall–Kier alpha value is -1.60. The first-order valence-corrected chi connectivity index (χ1v) is 8.13. The molecule has 0 aliphatic heterocycles. The van der Waals surface area contributed by atoms with Gasteiger partial charge in [0.15, 0.2) is 0 Å². The van der Waals surface area contributed by atoms with Gasteiger partial charge in [-0.3, -0.25) is 4.79 Å². The molecular weight excluding hydrogens is 353 g/mol. The Kier molecular flexibility index (Phi) is 7.05. The lowest BCUT2D eigenvalue weighted by atomic mass is 10.1. The number of nitrogens with zero attached hydrogens (tertiary/aromatic N) is 2. The van der Waals surface area contributed by atoms with Gasteiger partial charge in [-0.1, -0.05) is 23.2 Å². The zero-order valence-electron chi connectivity index (χ0n) is 13.5. The summed E-state index contributed by atoms with van der Waals surface area (Å²) in [7, 11) is 1.57. The molecule has 0 saturated heterocycles. The van der Waals surface area contributed by atoms with Crippen LogP contribution in [-0.4, -0.2) is 42.6 Å². The SMILES string of the molecule is COCCOCC(=O)Nc1ccnn1C(C)c1cc(Cl)ccc1Cl. The van der Waals surface area contributed by atoms with Gasteiger partial charge in [0.2, 0.25) is 0 Å². The summed E-state index contributed by atoms with van der Waals surface area (Å²) in [4.78, 5) is 11.9. The fourth-order valence-electron chi connectivity index (χ4n) is 2.17. The molecule has 1 amide bonds. The molecule has 1 N–H and O–H groups in total. The second-order valence-electron chi connectivity index (χ2n) is 5.10. The number of benzene rings is 1. The van der Waals surface area contributed by atoms with Gasteiger partial charge in [-0.2, -0.15) is 5.10 Å². The number of methoxy groups -OCH3 is 1. The summed E-state index contributed by atoms with van der Waals surface area (Å²) in [6, 6.07) is 6.76. The number of ether oxygens (including phenoxy) is 2. The highest BCUT2D eigenvalue weighted by molar-refractivity contribution is 6.33. The molecule has 1 heterocycles. The van der Waals surface area contributed by atoms with E-state index >= 15 is 0 Å². The van der Waals surface area contributed by atoms with E-state index in [4.69, 9.17) is 32.7 Å². The van der Waals surface area contributed by atoms with Crippen LogP contribution >= 0.6 is 23.2 Å². The van der Waals surface area contributed by atoms with Gasteiger partial charge in [-0.25, -0.2) is 4.68 Å². The molecule has 0 aliphatic rings. The average Bonchev–Trinajstić information content (AvgIpc) is 3.01. The van der Waals surface area contributed by atoms with Crippen molar-refractivity contribution in [1.82, 2.24) is 9.78 Å². The molecule has 24 heavy (non-hydrogen) atoms. The van der Waals surface area contributed by atoms with Crippen molar-refractivity contribution in [2.45, 2.75) is 13.0 Å². The number of carbonyl (C=O) groups is 1. The number of carbonyl (C=O) groups excluding carboxylic acids is 1. The molecule has 0 radical (unpaired) electrons. The van der Waals surface area contributed by atoms with Crippen molar-refractivity contribution in [3.8, 4) is 0 Å². The fourth-order valence-corrected chi connectivity index (χ4v) is 2.63. The van der Waals surface area contributed by atoms with Crippen LogP contribution in [0.5, 0.6) is 0 Å². The lowest BCUT2D eigenvalue weighted by molar-refractivity contribution is -0.121. The molecule has 1 aromatic carbocycles. The number of hydrogen-bond donors (Lipinski definition) is 1.